The van der Waals surface area contributed by atoms with E-state index in [0.717, 1.165) is 6.42 Å². The number of rotatable bonds is 3. The highest BCUT2D eigenvalue weighted by Gasteiger charge is 2.31. The molecule has 13 heavy (non-hydrogen) atoms. The summed E-state index contributed by atoms with van der Waals surface area (Å²) in [7, 11) is 0. The van der Waals surface area contributed by atoms with E-state index in [9.17, 15) is 9.59 Å². The Morgan fingerprint density at radius 2 is 2.46 bits per heavy atom. The molecule has 0 bridgehead atoms. The summed E-state index contributed by atoms with van der Waals surface area (Å²) in [5.41, 5.74) is 0. The van der Waals surface area contributed by atoms with E-state index in [1.807, 2.05) is 6.92 Å². The molecule has 74 valence electrons. The number of ether oxygens (including phenoxy) is 2. The Bertz CT molecular complexity index is 212. The van der Waals surface area contributed by atoms with Crippen molar-refractivity contribution >= 4 is 11.9 Å². The lowest BCUT2D eigenvalue weighted by atomic mass is 10.1. The van der Waals surface area contributed by atoms with Gasteiger partial charge in [0.2, 0.25) is 6.10 Å². The molecule has 0 aromatic rings. The molecular weight excluding hydrogens is 172 g/mol. The van der Waals surface area contributed by atoms with Crippen molar-refractivity contribution in [3.8, 4) is 0 Å². The van der Waals surface area contributed by atoms with Crippen LogP contribution >= 0.6 is 0 Å². The first-order chi connectivity index (χ1) is 6.15. The molecule has 0 saturated carbocycles. The molecule has 1 aliphatic rings. The van der Waals surface area contributed by atoms with Gasteiger partial charge in [0.25, 0.3) is 0 Å². The minimum Gasteiger partial charge on any atom is -0.463 e. The van der Waals surface area contributed by atoms with Crippen LogP contribution in [0.5, 0.6) is 0 Å². The Morgan fingerprint density at radius 3 is 2.92 bits per heavy atom. The Morgan fingerprint density at radius 1 is 1.77 bits per heavy atom. The van der Waals surface area contributed by atoms with Crippen molar-refractivity contribution in [2.75, 3.05) is 6.61 Å². The zero-order chi connectivity index (χ0) is 9.84. The van der Waals surface area contributed by atoms with Gasteiger partial charge in [0.15, 0.2) is 0 Å². The van der Waals surface area contributed by atoms with E-state index in [0.29, 0.717) is 13.0 Å². The van der Waals surface area contributed by atoms with Crippen molar-refractivity contribution < 1.29 is 19.1 Å². The molecule has 1 aliphatic heterocycles. The van der Waals surface area contributed by atoms with Crippen LogP contribution < -0.4 is 0 Å². The fourth-order valence-corrected chi connectivity index (χ4v) is 1.01. The third kappa shape index (κ3) is 2.44. The normalized spacial score (nSPS) is 23.8. The van der Waals surface area contributed by atoms with Gasteiger partial charge in [-0.3, -0.25) is 4.79 Å². The first-order valence-electron chi connectivity index (χ1n) is 4.52. The highest BCUT2D eigenvalue weighted by atomic mass is 16.6. The van der Waals surface area contributed by atoms with Crippen LogP contribution in [0.3, 0.4) is 0 Å². The quantitative estimate of drug-likeness (QED) is 0.614. The first-order valence-corrected chi connectivity index (χ1v) is 4.52. The van der Waals surface area contributed by atoms with E-state index < -0.39 is 12.1 Å². The topological polar surface area (TPSA) is 52.6 Å². The van der Waals surface area contributed by atoms with E-state index >= 15 is 0 Å². The minimum atomic E-state index is -0.665. The summed E-state index contributed by atoms with van der Waals surface area (Å²) in [6.07, 6.45) is 0.545. The van der Waals surface area contributed by atoms with Gasteiger partial charge < -0.3 is 9.47 Å². The van der Waals surface area contributed by atoms with Crippen LogP contribution in [0.4, 0.5) is 0 Å². The van der Waals surface area contributed by atoms with Gasteiger partial charge >= 0.3 is 11.9 Å². The summed E-state index contributed by atoms with van der Waals surface area (Å²) in [6.45, 7) is 4.04. The van der Waals surface area contributed by atoms with Crippen LogP contribution in [0.1, 0.15) is 26.7 Å². The molecule has 0 radical (unpaired) electrons. The van der Waals surface area contributed by atoms with Crippen LogP contribution in [-0.2, 0) is 19.1 Å². The van der Waals surface area contributed by atoms with Gasteiger partial charge in [-0.05, 0) is 6.42 Å². The Hall–Kier alpha value is -1.06. The maximum atomic E-state index is 11.2. The second-order valence-electron chi connectivity index (χ2n) is 3.19. The molecule has 0 aromatic carbocycles. The summed E-state index contributed by atoms with van der Waals surface area (Å²) in [4.78, 5) is 22.2. The Balaban J connectivity index is 2.39. The first kappa shape index (κ1) is 10.0. The van der Waals surface area contributed by atoms with E-state index in [2.05, 4.69) is 4.74 Å². The second kappa shape index (κ2) is 4.25. The molecule has 0 aliphatic carbocycles. The molecule has 1 rings (SSSR count). The van der Waals surface area contributed by atoms with Gasteiger partial charge in [0.05, 0.1) is 12.5 Å². The fraction of sp³-hybridized carbons (Fsp3) is 0.778. The lowest BCUT2D eigenvalue weighted by Crippen LogP contribution is -2.25. The van der Waals surface area contributed by atoms with Crippen LogP contribution in [0.15, 0.2) is 0 Å². The van der Waals surface area contributed by atoms with Gasteiger partial charge in [-0.2, -0.15) is 0 Å². The van der Waals surface area contributed by atoms with Crippen LogP contribution in [0.25, 0.3) is 0 Å². The molecule has 2 atom stereocenters. The smallest absolute Gasteiger partial charge is 0.347 e. The van der Waals surface area contributed by atoms with E-state index in [1.165, 1.54) is 0 Å². The molecular formula is C9H14O4. The summed E-state index contributed by atoms with van der Waals surface area (Å²) in [5, 5.41) is 0. The summed E-state index contributed by atoms with van der Waals surface area (Å²) >= 11 is 0. The third-order valence-electron chi connectivity index (χ3n) is 2.16. The summed E-state index contributed by atoms with van der Waals surface area (Å²) < 4.78 is 9.63. The molecule has 4 heteroatoms. The molecule has 1 fully saturated rings. The van der Waals surface area contributed by atoms with Crippen molar-refractivity contribution in [3.05, 3.63) is 0 Å². The Kier molecular flexibility index (Phi) is 3.28. The molecule has 0 spiro atoms. The molecule has 4 nitrogen and oxygen atoms in total. The van der Waals surface area contributed by atoms with Crippen LogP contribution in [-0.4, -0.2) is 24.6 Å². The van der Waals surface area contributed by atoms with Crippen molar-refractivity contribution in [2.24, 2.45) is 5.92 Å². The zero-order valence-electron chi connectivity index (χ0n) is 7.91. The molecule has 0 aromatic heterocycles. The summed E-state index contributed by atoms with van der Waals surface area (Å²) in [5.74, 6) is -0.878. The predicted octanol–water partition coefficient (Wildman–Crippen LogP) is 0.891. The number of cyclic esters (lactones) is 1. The number of hydrogen-bond donors (Lipinski definition) is 0. The van der Waals surface area contributed by atoms with Gasteiger partial charge in [-0.1, -0.05) is 13.8 Å². The summed E-state index contributed by atoms with van der Waals surface area (Å²) in [6, 6.07) is 0. The lowest BCUT2D eigenvalue weighted by molar-refractivity contribution is -0.162. The monoisotopic (exact) mass is 186 g/mol. The van der Waals surface area contributed by atoms with Crippen molar-refractivity contribution in [2.45, 2.75) is 32.8 Å². The van der Waals surface area contributed by atoms with Gasteiger partial charge in [0, 0.05) is 6.42 Å². The minimum absolute atomic E-state index is 0.145. The van der Waals surface area contributed by atoms with E-state index in [-0.39, 0.29) is 11.9 Å². The number of hydrogen-bond acceptors (Lipinski definition) is 4. The fourth-order valence-electron chi connectivity index (χ4n) is 1.01. The van der Waals surface area contributed by atoms with E-state index in [1.54, 1.807) is 6.92 Å². The SMILES string of the molecule is CCC(C)C(=O)O[C@@H]1CCOC1=O. The van der Waals surface area contributed by atoms with Gasteiger partial charge in [-0.15, -0.1) is 0 Å². The maximum absolute atomic E-state index is 11.2. The van der Waals surface area contributed by atoms with Crippen molar-refractivity contribution in [1.29, 1.82) is 0 Å². The van der Waals surface area contributed by atoms with Gasteiger partial charge in [0.1, 0.15) is 0 Å². The molecule has 0 N–H and O–H groups in total. The lowest BCUT2D eigenvalue weighted by Gasteiger charge is -2.11. The highest BCUT2D eigenvalue weighted by molar-refractivity contribution is 5.81. The van der Waals surface area contributed by atoms with Crippen molar-refractivity contribution in [3.63, 3.8) is 0 Å². The van der Waals surface area contributed by atoms with Gasteiger partial charge in [-0.25, -0.2) is 4.79 Å². The molecule has 0 amide bonds. The number of carbonyl (C=O) groups is 2. The number of carbonyl (C=O) groups excluding carboxylic acids is 2. The third-order valence-corrected chi connectivity index (χ3v) is 2.16. The van der Waals surface area contributed by atoms with Crippen LogP contribution in [0.2, 0.25) is 0 Å². The van der Waals surface area contributed by atoms with E-state index in [4.69, 9.17) is 4.74 Å². The molecule has 1 unspecified atom stereocenters. The van der Waals surface area contributed by atoms with Crippen LogP contribution in [0, 0.1) is 5.92 Å². The molecule has 1 heterocycles. The Labute approximate surface area is 77.2 Å². The van der Waals surface area contributed by atoms with Crippen molar-refractivity contribution in [1.82, 2.24) is 0 Å². The highest BCUT2D eigenvalue weighted by Crippen LogP contribution is 2.13. The average Bonchev–Trinajstić information content (AvgIpc) is 2.50. The average molecular weight is 186 g/mol. The zero-order valence-corrected chi connectivity index (χ0v) is 7.91. The predicted molar refractivity (Wildman–Crippen MR) is 44.9 cm³/mol. The maximum Gasteiger partial charge on any atom is 0.347 e. The largest absolute Gasteiger partial charge is 0.463 e. The second-order valence-corrected chi connectivity index (χ2v) is 3.19. The molecule has 1 saturated heterocycles. The standard InChI is InChI=1S/C9H14O4/c1-3-6(2)8(10)13-7-4-5-12-9(7)11/h6-7H,3-5H2,1-2H3/t6?,7-/m1/s1. The number of esters is 2.